The molecule has 5 saturated carbocycles. The zero-order chi connectivity index (χ0) is 44.4. The van der Waals surface area contributed by atoms with Crippen LogP contribution >= 0.6 is 21.6 Å². The monoisotopic (exact) mass is 896 g/mol. The molecule has 0 aromatic carbocycles. The van der Waals surface area contributed by atoms with Crippen LogP contribution in [-0.4, -0.2) is 94.9 Å². The van der Waals surface area contributed by atoms with E-state index in [4.69, 9.17) is 11.5 Å². The number of ketones is 1. The first-order valence-corrected chi connectivity index (χ1v) is 26.4. The van der Waals surface area contributed by atoms with Crippen LogP contribution < -0.4 is 11.5 Å². The van der Waals surface area contributed by atoms with Gasteiger partial charge in [-0.15, -0.1) is 0 Å². The number of aliphatic imine (C=N–C) groups is 1. The molecule has 2 bridgehead atoms. The van der Waals surface area contributed by atoms with Crippen molar-refractivity contribution in [2.75, 3.05) is 18.9 Å². The standard InChI is InChI=1S/C49H77N5O6S2/c1-29-33-18-36(49(60)37-21-39(57)35-20-40(58)41(59)25-46(35,4)43(37)31(22-47(33,49)5)26-53-44(50)51)42(11-9-17-55)62-61-27-32(54-16-15-52-28-54)24-45(2,3)34(19-38(29)56)30-10-8-14-48(23-30)12-6-7-13-48/h15-16,21,28-29,31-33,35-36,38,40-43,55-56,58-60H,6-14,17-20,22-27H2,1-5H3,(H4,50,51,53). The Bertz CT molecular complexity index is 1880. The lowest BCUT2D eigenvalue weighted by atomic mass is 9.42. The van der Waals surface area contributed by atoms with Crippen LogP contribution in [0.3, 0.4) is 0 Å². The summed E-state index contributed by atoms with van der Waals surface area (Å²) in [4.78, 5) is 23.7. The predicted octanol–water partition coefficient (Wildman–Crippen LogP) is 7.12. The Balaban J connectivity index is 1.28. The first-order valence-electron chi connectivity index (χ1n) is 24.0. The van der Waals surface area contributed by atoms with Crippen molar-refractivity contribution >= 4 is 33.3 Å². The van der Waals surface area contributed by atoms with Crippen LogP contribution in [0.4, 0.5) is 0 Å². The van der Waals surface area contributed by atoms with E-state index in [1.54, 1.807) is 11.6 Å². The molecule has 1 spiro atoms. The van der Waals surface area contributed by atoms with Crippen LogP contribution in [-0.2, 0) is 4.79 Å². The number of nitrogens with zero attached hydrogens (tertiary/aromatic N) is 3. The number of carbonyl (C=O) groups excluding carboxylic acids is 1. The molecule has 62 heavy (non-hydrogen) atoms. The highest BCUT2D eigenvalue weighted by Crippen LogP contribution is 2.73. The van der Waals surface area contributed by atoms with Crippen molar-refractivity contribution in [3.05, 3.63) is 41.5 Å². The number of rotatable bonds is 6. The van der Waals surface area contributed by atoms with E-state index in [2.05, 4.69) is 55.4 Å². The van der Waals surface area contributed by atoms with Crippen LogP contribution in [0.1, 0.15) is 143 Å². The number of hydrogen-bond acceptors (Lipinski definition) is 10. The Morgan fingerprint density at radius 3 is 2.42 bits per heavy atom. The quantitative estimate of drug-likeness (QED) is 0.0664. The summed E-state index contributed by atoms with van der Waals surface area (Å²) < 4.78 is 2.26. The van der Waals surface area contributed by atoms with Crippen molar-refractivity contribution in [2.45, 2.75) is 173 Å². The van der Waals surface area contributed by atoms with Crippen LogP contribution in [0, 0.1) is 57.2 Å². The Morgan fingerprint density at radius 2 is 1.73 bits per heavy atom. The number of allylic oxidation sites excluding steroid dienone is 2. The third-order valence-electron chi connectivity index (χ3n) is 18.5. The second-order valence-corrected chi connectivity index (χ2v) is 25.1. The van der Waals surface area contributed by atoms with Crippen LogP contribution in [0.2, 0.25) is 0 Å². The fourth-order valence-electron chi connectivity index (χ4n) is 15.5. The molecular formula is C49H77N5O6S2. The van der Waals surface area contributed by atoms with Gasteiger partial charge in [0, 0.05) is 59.8 Å². The molecule has 0 radical (unpaired) electrons. The molecule has 1 saturated heterocycles. The molecule has 0 amide bonds. The average Bonchev–Trinajstić information content (AvgIpc) is 3.97. The number of aliphatic hydroxyl groups is 5. The Morgan fingerprint density at radius 1 is 0.984 bits per heavy atom. The van der Waals surface area contributed by atoms with Gasteiger partial charge in [0.25, 0.3) is 0 Å². The SMILES string of the molecule is CC1C(O)CC(=C2CCCC3(CCCC3)C2)C(C)(C)CC(n2ccnc2)CSSC(CCCO)C2CC1C1(C)CC(CN=C(N)N)C3C(=CC(=O)C4CC(O)C(O)CC43C)C21O. The summed E-state index contributed by atoms with van der Waals surface area (Å²) in [5.41, 5.74) is 13.0. The summed E-state index contributed by atoms with van der Waals surface area (Å²) in [6.07, 6.45) is 19.3. The van der Waals surface area contributed by atoms with Crippen LogP contribution in [0.25, 0.3) is 0 Å². The molecule has 8 rings (SSSR count). The van der Waals surface area contributed by atoms with E-state index in [1.165, 1.54) is 44.1 Å². The summed E-state index contributed by atoms with van der Waals surface area (Å²) >= 11 is 0. The van der Waals surface area contributed by atoms with Crippen molar-refractivity contribution in [1.82, 2.24) is 9.55 Å². The Kier molecular flexibility index (Phi) is 13.3. The zero-order valence-electron chi connectivity index (χ0n) is 38.1. The molecular weight excluding hydrogens is 819 g/mol. The molecule has 1 aromatic rings. The first-order chi connectivity index (χ1) is 29.4. The fraction of sp³-hybridized carbons (Fsp3) is 0.816. The summed E-state index contributed by atoms with van der Waals surface area (Å²) in [6, 6.07) is 0.143. The number of nitrogens with two attached hydrogens (primary N) is 2. The largest absolute Gasteiger partial charge is 0.396 e. The second kappa shape index (κ2) is 17.7. The molecule has 346 valence electrons. The van der Waals surface area contributed by atoms with Crippen LogP contribution in [0.5, 0.6) is 0 Å². The normalized spacial score (nSPS) is 44.5. The summed E-state index contributed by atoms with van der Waals surface area (Å²) in [7, 11) is 3.67. The number of aromatic nitrogens is 2. The van der Waals surface area contributed by atoms with E-state index in [0.717, 1.165) is 30.6 Å². The molecule has 13 heteroatoms. The molecule has 14 unspecified atom stereocenters. The molecule has 14 atom stereocenters. The van der Waals surface area contributed by atoms with Gasteiger partial charge in [0.1, 0.15) is 0 Å². The number of fused-ring (bicyclic) bond motifs is 9. The van der Waals surface area contributed by atoms with E-state index in [-0.39, 0.29) is 77.5 Å². The Hall–Kier alpha value is -1.87. The van der Waals surface area contributed by atoms with Gasteiger partial charge in [-0.1, -0.05) is 80.2 Å². The topological polar surface area (TPSA) is 200 Å². The van der Waals surface area contributed by atoms with Gasteiger partial charge in [0.2, 0.25) is 0 Å². The molecule has 6 aliphatic carbocycles. The molecule has 6 fully saturated rings. The van der Waals surface area contributed by atoms with Gasteiger partial charge < -0.3 is 41.6 Å². The van der Waals surface area contributed by atoms with Crippen molar-refractivity contribution in [3.8, 4) is 0 Å². The highest BCUT2D eigenvalue weighted by atomic mass is 33.1. The fourth-order valence-corrected chi connectivity index (χ4v) is 18.8. The van der Waals surface area contributed by atoms with Gasteiger partial charge in [0.15, 0.2) is 11.7 Å². The van der Waals surface area contributed by atoms with Gasteiger partial charge in [-0.25, -0.2) is 4.98 Å². The summed E-state index contributed by atoms with van der Waals surface area (Å²) in [6.45, 7) is 11.6. The third-order valence-corrected chi connectivity index (χ3v) is 21.5. The maximum atomic E-state index is 14.6. The number of hydrogen-bond donors (Lipinski definition) is 7. The summed E-state index contributed by atoms with van der Waals surface area (Å²) in [5.74, 6) is -0.895. The minimum absolute atomic E-state index is 0.0128. The number of imidazole rings is 1. The number of aliphatic hydroxyl groups excluding tert-OH is 4. The third kappa shape index (κ3) is 8.09. The lowest BCUT2D eigenvalue weighted by Gasteiger charge is -2.63. The number of guanidine groups is 1. The van der Waals surface area contributed by atoms with Gasteiger partial charge in [-0.2, -0.15) is 0 Å². The average molecular weight is 896 g/mol. The molecule has 1 aliphatic heterocycles. The first kappa shape index (κ1) is 46.7. The minimum atomic E-state index is -1.44. The zero-order valence-corrected chi connectivity index (χ0v) is 39.7. The van der Waals surface area contributed by atoms with Crippen LogP contribution in [0.15, 0.2) is 46.5 Å². The smallest absolute Gasteiger partial charge is 0.185 e. The maximum Gasteiger partial charge on any atom is 0.185 e. The minimum Gasteiger partial charge on any atom is -0.396 e. The number of carbonyl (C=O) groups is 1. The molecule has 9 N–H and O–H groups in total. The molecule has 2 heterocycles. The van der Waals surface area contributed by atoms with E-state index >= 15 is 0 Å². The van der Waals surface area contributed by atoms with E-state index < -0.39 is 40.7 Å². The van der Waals surface area contributed by atoms with Gasteiger partial charge in [-0.3, -0.25) is 9.79 Å². The predicted molar refractivity (Wildman–Crippen MR) is 249 cm³/mol. The lowest BCUT2D eigenvalue weighted by Crippen LogP contribution is -2.65. The highest BCUT2D eigenvalue weighted by Gasteiger charge is 2.73. The second-order valence-electron chi connectivity index (χ2n) is 22.5. The van der Waals surface area contributed by atoms with E-state index in [1.807, 2.05) is 34.1 Å². The van der Waals surface area contributed by atoms with Crippen molar-refractivity contribution < 1.29 is 30.3 Å². The highest BCUT2D eigenvalue weighted by molar-refractivity contribution is 8.76. The summed E-state index contributed by atoms with van der Waals surface area (Å²) in [5, 5.41) is 59.7. The maximum absolute atomic E-state index is 14.6. The van der Waals surface area contributed by atoms with E-state index in [0.29, 0.717) is 44.1 Å². The molecule has 1 aromatic heterocycles. The van der Waals surface area contributed by atoms with Crippen molar-refractivity contribution in [3.63, 3.8) is 0 Å². The van der Waals surface area contributed by atoms with Gasteiger partial charge in [-0.05, 0) is 141 Å². The van der Waals surface area contributed by atoms with Gasteiger partial charge >= 0.3 is 0 Å². The Labute approximate surface area is 378 Å². The molecule has 11 nitrogen and oxygen atoms in total. The molecule has 7 aliphatic rings. The van der Waals surface area contributed by atoms with Gasteiger partial charge in [0.05, 0.1) is 30.2 Å². The van der Waals surface area contributed by atoms with E-state index in [9.17, 15) is 30.3 Å². The van der Waals surface area contributed by atoms with Crippen molar-refractivity contribution in [1.29, 1.82) is 0 Å². The van der Waals surface area contributed by atoms with Crippen molar-refractivity contribution in [2.24, 2.45) is 73.6 Å². The lowest BCUT2D eigenvalue weighted by molar-refractivity contribution is -0.170.